The zero-order chi connectivity index (χ0) is 24.2. The van der Waals surface area contributed by atoms with E-state index in [4.69, 9.17) is 9.47 Å². The summed E-state index contributed by atoms with van der Waals surface area (Å²) in [5, 5.41) is 2.58. The molecule has 0 unspecified atom stereocenters. The molecule has 180 valence electrons. The summed E-state index contributed by atoms with van der Waals surface area (Å²) in [6.45, 7) is 0.493. The van der Waals surface area contributed by atoms with E-state index in [0.717, 1.165) is 10.6 Å². The molecule has 2 aromatic rings. The van der Waals surface area contributed by atoms with Gasteiger partial charge in [0.2, 0.25) is 26.0 Å². The maximum atomic E-state index is 13.1. The number of amides is 1. The Bertz CT molecular complexity index is 1230. The second-order valence-electron chi connectivity index (χ2n) is 7.18. The van der Waals surface area contributed by atoms with Crippen molar-refractivity contribution >= 4 is 53.3 Å². The number of morpholine rings is 1. The zero-order valence-corrected chi connectivity index (χ0v) is 21.2. The van der Waals surface area contributed by atoms with Crippen LogP contribution in [0.2, 0.25) is 0 Å². The highest BCUT2D eigenvalue weighted by molar-refractivity contribution is 9.10. The minimum absolute atomic E-state index is 0.100. The molecule has 33 heavy (non-hydrogen) atoms. The summed E-state index contributed by atoms with van der Waals surface area (Å²) in [5.41, 5.74) is 0.502. The van der Waals surface area contributed by atoms with E-state index in [9.17, 15) is 21.6 Å². The number of halogens is 1. The number of methoxy groups -OCH3 is 1. The molecule has 0 aromatic heterocycles. The third-order valence-corrected chi connectivity index (χ3v) is 8.37. The SMILES string of the molecule is COc1ccc(NC(=O)CN(c2cccc(Br)c2)S(C)(=O)=O)cc1S(=O)(=O)N1CCOCC1. The van der Waals surface area contributed by atoms with Gasteiger partial charge in [-0.3, -0.25) is 9.10 Å². The first kappa shape index (κ1) is 25.4. The summed E-state index contributed by atoms with van der Waals surface area (Å²) in [6, 6.07) is 10.8. The molecule has 1 saturated heterocycles. The fraction of sp³-hybridized carbons (Fsp3) is 0.350. The average Bonchev–Trinajstić information content (AvgIpc) is 2.77. The lowest BCUT2D eigenvalue weighted by Gasteiger charge is -2.27. The molecule has 1 aliphatic rings. The van der Waals surface area contributed by atoms with Gasteiger partial charge >= 0.3 is 0 Å². The summed E-state index contributed by atoms with van der Waals surface area (Å²) < 4.78 is 64.2. The summed E-state index contributed by atoms with van der Waals surface area (Å²) in [6.07, 6.45) is 1.00. The highest BCUT2D eigenvalue weighted by atomic mass is 79.9. The van der Waals surface area contributed by atoms with Crippen molar-refractivity contribution < 1.29 is 31.1 Å². The van der Waals surface area contributed by atoms with Crippen LogP contribution < -0.4 is 14.4 Å². The van der Waals surface area contributed by atoms with Crippen molar-refractivity contribution in [3.05, 3.63) is 46.9 Å². The number of benzene rings is 2. The number of sulfonamides is 2. The number of rotatable bonds is 8. The lowest BCUT2D eigenvalue weighted by molar-refractivity contribution is -0.114. The van der Waals surface area contributed by atoms with Crippen LogP contribution in [-0.2, 0) is 29.6 Å². The molecule has 1 aliphatic heterocycles. The van der Waals surface area contributed by atoms with Gasteiger partial charge in [0.05, 0.1) is 32.3 Å². The molecule has 2 aromatic carbocycles. The van der Waals surface area contributed by atoms with Crippen LogP contribution in [0.1, 0.15) is 0 Å². The number of ether oxygens (including phenoxy) is 2. The van der Waals surface area contributed by atoms with Crippen LogP contribution in [0, 0.1) is 0 Å². The lowest BCUT2D eigenvalue weighted by atomic mass is 10.3. The van der Waals surface area contributed by atoms with Crippen LogP contribution in [0.4, 0.5) is 11.4 Å². The highest BCUT2D eigenvalue weighted by Gasteiger charge is 2.30. The molecule has 0 atom stereocenters. The van der Waals surface area contributed by atoms with Gasteiger partial charge in [0.1, 0.15) is 17.2 Å². The fourth-order valence-corrected chi connectivity index (χ4v) is 6.07. The Kier molecular flexibility index (Phi) is 8.00. The minimum Gasteiger partial charge on any atom is -0.495 e. The van der Waals surface area contributed by atoms with E-state index < -0.39 is 32.5 Å². The van der Waals surface area contributed by atoms with Gasteiger partial charge in [-0.2, -0.15) is 4.31 Å². The van der Waals surface area contributed by atoms with Crippen LogP contribution in [0.15, 0.2) is 51.8 Å². The van der Waals surface area contributed by atoms with E-state index in [1.54, 1.807) is 24.3 Å². The normalized spacial score (nSPS) is 15.1. The number of anilines is 2. The quantitative estimate of drug-likeness (QED) is 0.522. The molecular weight excluding hydrogens is 538 g/mol. The molecule has 1 fully saturated rings. The third-order valence-electron chi connectivity index (χ3n) is 4.82. The van der Waals surface area contributed by atoms with E-state index in [1.165, 1.54) is 29.6 Å². The van der Waals surface area contributed by atoms with Gasteiger partial charge in [-0.15, -0.1) is 0 Å². The van der Waals surface area contributed by atoms with Gasteiger partial charge in [0.15, 0.2) is 0 Å². The number of nitrogens with one attached hydrogen (secondary N) is 1. The van der Waals surface area contributed by atoms with Crippen molar-refractivity contribution in [2.75, 3.05) is 55.8 Å². The molecule has 1 amide bonds. The third kappa shape index (κ3) is 6.23. The van der Waals surface area contributed by atoms with Gasteiger partial charge in [-0.25, -0.2) is 16.8 Å². The number of carbonyl (C=O) groups excluding carboxylic acids is 1. The lowest BCUT2D eigenvalue weighted by Crippen LogP contribution is -2.40. The van der Waals surface area contributed by atoms with Crippen molar-refractivity contribution in [1.82, 2.24) is 4.31 Å². The fourth-order valence-electron chi connectivity index (χ4n) is 3.24. The summed E-state index contributed by atoms with van der Waals surface area (Å²) in [5.74, 6) is -0.508. The van der Waals surface area contributed by atoms with Crippen molar-refractivity contribution in [1.29, 1.82) is 0 Å². The van der Waals surface area contributed by atoms with Gasteiger partial charge < -0.3 is 14.8 Å². The Balaban J connectivity index is 1.85. The van der Waals surface area contributed by atoms with E-state index in [-0.39, 0.29) is 42.6 Å². The van der Waals surface area contributed by atoms with E-state index >= 15 is 0 Å². The summed E-state index contributed by atoms with van der Waals surface area (Å²) >= 11 is 3.29. The van der Waals surface area contributed by atoms with E-state index in [0.29, 0.717) is 10.2 Å². The Morgan fingerprint density at radius 1 is 1.15 bits per heavy atom. The maximum absolute atomic E-state index is 13.1. The molecular formula is C20H24BrN3O7S2. The first-order valence-electron chi connectivity index (χ1n) is 9.81. The second-order valence-corrected chi connectivity index (χ2v) is 11.9. The Labute approximate surface area is 201 Å². The molecule has 10 nitrogen and oxygen atoms in total. The summed E-state index contributed by atoms with van der Waals surface area (Å²) in [7, 11) is -6.30. The largest absolute Gasteiger partial charge is 0.495 e. The molecule has 0 aliphatic carbocycles. The molecule has 3 rings (SSSR count). The maximum Gasteiger partial charge on any atom is 0.246 e. The standard InChI is InChI=1S/C20H24BrN3O7S2/c1-30-18-7-6-16(13-19(18)33(28,29)23-8-10-31-11-9-23)22-20(25)14-24(32(2,26)27)17-5-3-4-15(21)12-17/h3-7,12-13H,8-11,14H2,1-2H3,(H,22,25). The number of nitrogens with zero attached hydrogens (tertiary/aromatic N) is 2. The predicted octanol–water partition coefficient (Wildman–Crippen LogP) is 1.88. The van der Waals surface area contributed by atoms with Crippen LogP contribution in [0.25, 0.3) is 0 Å². The van der Waals surface area contributed by atoms with Crippen LogP contribution >= 0.6 is 15.9 Å². The Morgan fingerprint density at radius 2 is 1.85 bits per heavy atom. The smallest absolute Gasteiger partial charge is 0.246 e. The van der Waals surface area contributed by atoms with Gasteiger partial charge in [-0.1, -0.05) is 22.0 Å². The molecule has 0 spiro atoms. The van der Waals surface area contributed by atoms with Gasteiger partial charge in [-0.05, 0) is 36.4 Å². The second kappa shape index (κ2) is 10.4. The summed E-state index contributed by atoms with van der Waals surface area (Å²) in [4.78, 5) is 12.6. The van der Waals surface area contributed by atoms with Gasteiger partial charge in [0, 0.05) is 23.2 Å². The monoisotopic (exact) mass is 561 g/mol. The molecule has 0 bridgehead atoms. The Hall–Kier alpha value is -2.19. The Morgan fingerprint density at radius 3 is 2.45 bits per heavy atom. The van der Waals surface area contributed by atoms with Crippen LogP contribution in [-0.4, -0.2) is 73.3 Å². The van der Waals surface area contributed by atoms with Crippen LogP contribution in [0.5, 0.6) is 5.75 Å². The molecule has 0 radical (unpaired) electrons. The molecule has 13 heteroatoms. The van der Waals surface area contributed by atoms with E-state index in [2.05, 4.69) is 21.2 Å². The number of hydrogen-bond acceptors (Lipinski definition) is 7. The minimum atomic E-state index is -3.89. The molecule has 1 heterocycles. The van der Waals surface area contributed by atoms with E-state index in [1.807, 2.05) is 0 Å². The van der Waals surface area contributed by atoms with Crippen molar-refractivity contribution in [3.63, 3.8) is 0 Å². The highest BCUT2D eigenvalue weighted by Crippen LogP contribution is 2.30. The van der Waals surface area contributed by atoms with Crippen molar-refractivity contribution in [3.8, 4) is 5.75 Å². The molecule has 0 saturated carbocycles. The number of hydrogen-bond donors (Lipinski definition) is 1. The van der Waals surface area contributed by atoms with Gasteiger partial charge in [0.25, 0.3) is 0 Å². The number of carbonyl (C=O) groups is 1. The average molecular weight is 562 g/mol. The first-order chi connectivity index (χ1) is 15.5. The molecule has 1 N–H and O–H groups in total. The predicted molar refractivity (Wildman–Crippen MR) is 128 cm³/mol. The van der Waals surface area contributed by atoms with Crippen molar-refractivity contribution in [2.24, 2.45) is 0 Å². The van der Waals surface area contributed by atoms with Crippen LogP contribution in [0.3, 0.4) is 0 Å². The topological polar surface area (TPSA) is 122 Å². The van der Waals surface area contributed by atoms with Crippen molar-refractivity contribution in [2.45, 2.75) is 4.90 Å². The zero-order valence-electron chi connectivity index (χ0n) is 18.0. The first-order valence-corrected chi connectivity index (χ1v) is 13.9.